The fraction of sp³-hybridized carbons (Fsp3) is 0.263. The van der Waals surface area contributed by atoms with Gasteiger partial charge in [0.15, 0.2) is 0 Å². The first kappa shape index (κ1) is 22.4. The Hall–Kier alpha value is -2.94. The van der Waals surface area contributed by atoms with Gasteiger partial charge in [0.05, 0.1) is 6.42 Å². The molecule has 3 rings (SSSR count). The zero-order chi connectivity index (χ0) is 20.3. The van der Waals surface area contributed by atoms with Crippen LogP contribution in [0.3, 0.4) is 0 Å². The first-order valence-corrected chi connectivity index (χ1v) is 8.52. The number of nitrogens with zero attached hydrogens (tertiary/aromatic N) is 1. The first-order valence-electron chi connectivity index (χ1n) is 8.52. The van der Waals surface area contributed by atoms with Gasteiger partial charge in [-0.25, -0.2) is 0 Å². The van der Waals surface area contributed by atoms with Crippen molar-refractivity contribution in [1.29, 1.82) is 0 Å². The summed E-state index contributed by atoms with van der Waals surface area (Å²) in [4.78, 5) is 26.1. The quantitative estimate of drug-likeness (QED) is 0.715. The van der Waals surface area contributed by atoms with E-state index < -0.39 is 18.2 Å². The van der Waals surface area contributed by atoms with Gasteiger partial charge in [0.25, 0.3) is 0 Å². The molecule has 1 saturated heterocycles. The molecule has 0 aromatic heterocycles. The summed E-state index contributed by atoms with van der Waals surface area (Å²) in [7, 11) is 0. The summed E-state index contributed by atoms with van der Waals surface area (Å²) in [6.07, 6.45) is -4.36. The molecule has 1 fully saturated rings. The maximum Gasteiger partial charge on any atom is 0.573 e. The summed E-state index contributed by atoms with van der Waals surface area (Å²) in [5.74, 6) is -1.11. The van der Waals surface area contributed by atoms with Crippen LogP contribution in [0.2, 0.25) is 0 Å². The Balaban J connectivity index is 0.00000300. The molecule has 6 nitrogen and oxygen atoms in total. The minimum atomic E-state index is -4.81. The number of hydrogen-bond acceptors (Lipinski definition) is 4. The van der Waals surface area contributed by atoms with Crippen molar-refractivity contribution in [2.24, 2.45) is 0 Å². The highest BCUT2D eigenvalue weighted by atomic mass is 35.5. The molecule has 0 radical (unpaired) electrons. The molecule has 1 atom stereocenters. The number of carbonyl (C=O) groups is 2. The van der Waals surface area contributed by atoms with E-state index in [4.69, 9.17) is 5.73 Å². The summed E-state index contributed by atoms with van der Waals surface area (Å²) in [6.45, 7) is 0.279. The van der Waals surface area contributed by atoms with E-state index in [1.54, 1.807) is 24.3 Å². The molecule has 0 saturated carbocycles. The van der Waals surface area contributed by atoms with Crippen LogP contribution in [0.1, 0.15) is 12.0 Å². The minimum Gasteiger partial charge on any atom is -0.406 e. The maximum atomic E-state index is 12.6. The second kappa shape index (κ2) is 9.04. The van der Waals surface area contributed by atoms with E-state index >= 15 is 0 Å². The summed E-state index contributed by atoms with van der Waals surface area (Å²) < 4.78 is 41.0. The lowest BCUT2D eigenvalue weighted by Gasteiger charge is -2.18. The molecule has 2 amide bonds. The van der Waals surface area contributed by atoms with Gasteiger partial charge in [-0.05, 0) is 36.2 Å². The fourth-order valence-electron chi connectivity index (χ4n) is 2.98. The Bertz CT molecular complexity index is 875. The van der Waals surface area contributed by atoms with Crippen LogP contribution in [0.25, 0.3) is 0 Å². The highest BCUT2D eigenvalue weighted by Gasteiger charge is 2.35. The normalized spacial score (nSPS) is 16.3. The Morgan fingerprint density at radius 3 is 2.55 bits per heavy atom. The number of rotatable bonds is 5. The molecule has 29 heavy (non-hydrogen) atoms. The average Bonchev–Trinajstić information content (AvgIpc) is 2.96. The summed E-state index contributed by atoms with van der Waals surface area (Å²) in [5.41, 5.74) is 7.22. The third kappa shape index (κ3) is 6.02. The number of alkyl halides is 3. The predicted molar refractivity (Wildman–Crippen MR) is 104 cm³/mol. The van der Waals surface area contributed by atoms with Gasteiger partial charge < -0.3 is 20.7 Å². The Morgan fingerprint density at radius 1 is 1.21 bits per heavy atom. The number of carbonyl (C=O) groups excluding carboxylic acids is 2. The number of amides is 2. The molecule has 0 bridgehead atoms. The zero-order valence-electron chi connectivity index (χ0n) is 15.1. The lowest BCUT2D eigenvalue weighted by molar-refractivity contribution is -0.274. The Labute approximate surface area is 171 Å². The molecular formula is C19H19ClF3N3O3. The van der Waals surface area contributed by atoms with Gasteiger partial charge in [0.1, 0.15) is 11.8 Å². The van der Waals surface area contributed by atoms with Crippen molar-refractivity contribution in [3.63, 3.8) is 0 Å². The van der Waals surface area contributed by atoms with Gasteiger partial charge >= 0.3 is 6.36 Å². The molecule has 156 valence electrons. The summed E-state index contributed by atoms with van der Waals surface area (Å²) in [6, 6.07) is 11.3. The summed E-state index contributed by atoms with van der Waals surface area (Å²) in [5, 5.41) is 2.67. The Kier molecular flexibility index (Phi) is 6.97. The number of hydrogen-bond donors (Lipinski definition) is 2. The molecule has 0 aliphatic carbocycles. The van der Waals surface area contributed by atoms with Crippen molar-refractivity contribution in [2.45, 2.75) is 25.2 Å². The van der Waals surface area contributed by atoms with Crippen LogP contribution in [0.5, 0.6) is 5.75 Å². The lowest BCUT2D eigenvalue weighted by atomic mass is 10.1. The minimum absolute atomic E-state index is 0. The number of nitrogen functional groups attached to an aromatic ring is 1. The molecule has 1 aliphatic heterocycles. The predicted octanol–water partition coefficient (Wildman–Crippen LogP) is 3.05. The van der Waals surface area contributed by atoms with E-state index in [0.29, 0.717) is 12.1 Å². The molecule has 1 heterocycles. The highest BCUT2D eigenvalue weighted by molar-refractivity contribution is 6.01. The smallest absolute Gasteiger partial charge is 0.406 e. The SMILES string of the molecule is Cl.Nc1ccc(CC(=O)NC2CCN(c3cccc(OC(F)(F)F)c3)C2=O)cc1. The second-order valence-electron chi connectivity index (χ2n) is 6.36. The Morgan fingerprint density at radius 2 is 1.90 bits per heavy atom. The van der Waals surface area contributed by atoms with Crippen LogP contribution in [0.15, 0.2) is 48.5 Å². The van der Waals surface area contributed by atoms with Crippen molar-refractivity contribution in [3.8, 4) is 5.75 Å². The van der Waals surface area contributed by atoms with Crippen molar-refractivity contribution >= 4 is 35.6 Å². The van der Waals surface area contributed by atoms with Gasteiger partial charge in [0.2, 0.25) is 11.8 Å². The van der Waals surface area contributed by atoms with E-state index in [1.807, 2.05) is 0 Å². The van der Waals surface area contributed by atoms with Crippen LogP contribution in [-0.2, 0) is 16.0 Å². The van der Waals surface area contributed by atoms with E-state index in [-0.39, 0.29) is 42.9 Å². The largest absolute Gasteiger partial charge is 0.573 e. The van der Waals surface area contributed by atoms with Crippen LogP contribution in [0.4, 0.5) is 24.5 Å². The van der Waals surface area contributed by atoms with Gasteiger partial charge in [-0.1, -0.05) is 18.2 Å². The lowest BCUT2D eigenvalue weighted by Crippen LogP contribution is -2.42. The van der Waals surface area contributed by atoms with E-state index in [0.717, 1.165) is 17.7 Å². The van der Waals surface area contributed by atoms with E-state index in [9.17, 15) is 22.8 Å². The first-order chi connectivity index (χ1) is 13.2. The number of benzene rings is 2. The van der Waals surface area contributed by atoms with Crippen molar-refractivity contribution < 1.29 is 27.5 Å². The number of halogens is 4. The van der Waals surface area contributed by atoms with Crippen molar-refractivity contribution in [1.82, 2.24) is 5.32 Å². The third-order valence-corrected chi connectivity index (χ3v) is 4.25. The highest BCUT2D eigenvalue weighted by Crippen LogP contribution is 2.29. The number of nitrogens with two attached hydrogens (primary N) is 1. The summed E-state index contributed by atoms with van der Waals surface area (Å²) >= 11 is 0. The molecule has 2 aromatic rings. The van der Waals surface area contributed by atoms with Crippen LogP contribution in [0, 0.1) is 0 Å². The fourth-order valence-corrected chi connectivity index (χ4v) is 2.98. The van der Waals surface area contributed by atoms with Crippen molar-refractivity contribution in [2.75, 3.05) is 17.2 Å². The van der Waals surface area contributed by atoms with Gasteiger partial charge in [-0.2, -0.15) is 0 Å². The number of anilines is 2. The zero-order valence-corrected chi connectivity index (χ0v) is 15.9. The molecule has 3 N–H and O–H groups in total. The standard InChI is InChI=1S/C19H18F3N3O3.ClH/c20-19(21,22)28-15-3-1-2-14(11-15)25-9-8-16(18(25)27)24-17(26)10-12-4-6-13(23)7-5-12;/h1-7,11,16H,8-10,23H2,(H,24,26);1H. The molecule has 0 spiro atoms. The van der Waals surface area contributed by atoms with Crippen LogP contribution < -0.4 is 20.7 Å². The molecule has 1 unspecified atom stereocenters. The maximum absolute atomic E-state index is 12.6. The molecule has 2 aromatic carbocycles. The monoisotopic (exact) mass is 429 g/mol. The number of nitrogens with one attached hydrogen (secondary N) is 1. The van der Waals surface area contributed by atoms with Gasteiger partial charge in [-0.3, -0.25) is 9.59 Å². The molecule has 10 heteroatoms. The topological polar surface area (TPSA) is 84.7 Å². The van der Waals surface area contributed by atoms with E-state index in [1.165, 1.54) is 17.0 Å². The van der Waals surface area contributed by atoms with Crippen LogP contribution in [-0.4, -0.2) is 30.8 Å². The average molecular weight is 430 g/mol. The van der Waals surface area contributed by atoms with Crippen molar-refractivity contribution in [3.05, 3.63) is 54.1 Å². The van der Waals surface area contributed by atoms with Crippen LogP contribution >= 0.6 is 12.4 Å². The van der Waals surface area contributed by atoms with Gasteiger partial charge in [-0.15, -0.1) is 25.6 Å². The third-order valence-electron chi connectivity index (χ3n) is 4.25. The number of ether oxygens (including phenoxy) is 1. The van der Waals surface area contributed by atoms with Gasteiger partial charge in [0, 0.05) is 24.0 Å². The second-order valence-corrected chi connectivity index (χ2v) is 6.36. The molecule has 1 aliphatic rings. The van der Waals surface area contributed by atoms with E-state index in [2.05, 4.69) is 10.1 Å². The molecular weight excluding hydrogens is 411 g/mol.